The molecule has 1 aliphatic heterocycles. The van der Waals surface area contributed by atoms with E-state index in [4.69, 9.17) is 16.3 Å². The second kappa shape index (κ2) is 19.5. The van der Waals surface area contributed by atoms with E-state index in [1.807, 2.05) is 5.92 Å². The molecule has 0 radical (unpaired) electrons. The summed E-state index contributed by atoms with van der Waals surface area (Å²) in [5, 5.41) is 39.0. The van der Waals surface area contributed by atoms with E-state index in [1.54, 1.807) is 0 Å². The van der Waals surface area contributed by atoms with Gasteiger partial charge in [0.05, 0.1) is 17.1 Å². The maximum absolute atomic E-state index is 13.4. The Morgan fingerprint density at radius 2 is 1.79 bits per heavy atom. The summed E-state index contributed by atoms with van der Waals surface area (Å²) >= 11 is 0. The van der Waals surface area contributed by atoms with Crippen molar-refractivity contribution in [2.45, 2.75) is 56.7 Å². The van der Waals surface area contributed by atoms with E-state index in [9.17, 15) is 44.0 Å². The zero-order valence-corrected chi connectivity index (χ0v) is 24.7. The minimum atomic E-state index is -1.52. The molecule has 3 atom stereocenters. The van der Waals surface area contributed by atoms with Gasteiger partial charge in [-0.05, 0) is 37.7 Å². The van der Waals surface area contributed by atoms with Crippen LogP contribution in [0, 0.1) is 34.5 Å². The molecule has 1 aromatic carbocycles. The van der Waals surface area contributed by atoms with Gasteiger partial charge in [0, 0.05) is 37.4 Å². The monoisotopic (exact) mass is 660 g/mol. The number of carbonyl (C=O) groups is 6. The van der Waals surface area contributed by atoms with Crippen molar-refractivity contribution in [1.82, 2.24) is 26.7 Å². The number of hydrogen-bond donors (Lipinski definition) is 7. The van der Waals surface area contributed by atoms with Gasteiger partial charge in [-0.3, -0.25) is 43.8 Å². The number of terminal acetylenes is 1. The fourth-order valence-electron chi connectivity index (χ4n) is 4.05. The van der Waals surface area contributed by atoms with Crippen LogP contribution < -0.4 is 31.5 Å². The summed E-state index contributed by atoms with van der Waals surface area (Å²) in [6.45, 7) is -0.903. The zero-order valence-electron chi connectivity index (χ0n) is 24.7. The van der Waals surface area contributed by atoms with Crippen molar-refractivity contribution in [2.75, 3.05) is 19.7 Å². The predicted molar refractivity (Wildman–Crippen MR) is 156 cm³/mol. The highest BCUT2D eigenvalue weighted by Gasteiger charge is 2.31. The Hall–Kier alpha value is -5.92. The molecule has 0 spiro atoms. The van der Waals surface area contributed by atoms with Crippen LogP contribution in [-0.4, -0.2) is 88.5 Å². The van der Waals surface area contributed by atoms with Gasteiger partial charge in [0.1, 0.15) is 30.4 Å². The largest absolute Gasteiger partial charge is 0.493 e. The van der Waals surface area contributed by atoms with Gasteiger partial charge in [0.2, 0.25) is 17.7 Å². The Morgan fingerprint density at radius 1 is 1.06 bits per heavy atom. The highest BCUT2D eigenvalue weighted by atomic mass is 17.3. The Labute approximate surface area is 267 Å². The zero-order chi connectivity index (χ0) is 34.8. The van der Waals surface area contributed by atoms with E-state index in [0.29, 0.717) is 6.42 Å². The van der Waals surface area contributed by atoms with Gasteiger partial charge in [-0.15, -0.1) is 6.42 Å². The number of carboxylic acids is 2. The molecular weight excluding hydrogens is 628 g/mol. The number of aliphatic carboxylic acids is 2. The van der Waals surface area contributed by atoms with Crippen molar-refractivity contribution in [3.63, 3.8) is 0 Å². The molecule has 0 bridgehead atoms. The third-order valence-electron chi connectivity index (χ3n) is 6.32. The summed E-state index contributed by atoms with van der Waals surface area (Å²) in [6, 6.07) is -1.15. The first-order chi connectivity index (χ1) is 22.4. The van der Waals surface area contributed by atoms with Crippen molar-refractivity contribution >= 4 is 41.3 Å². The summed E-state index contributed by atoms with van der Waals surface area (Å²) in [6.07, 6.45) is 6.36. The highest BCUT2D eigenvalue weighted by molar-refractivity contribution is 6.01. The van der Waals surface area contributed by atoms with Crippen LogP contribution in [-0.2, 0) is 33.8 Å². The minimum absolute atomic E-state index is 0.0222. The van der Waals surface area contributed by atoms with E-state index in [1.165, 1.54) is 0 Å². The maximum atomic E-state index is 13.4. The lowest BCUT2D eigenvalue weighted by Gasteiger charge is -2.26. The molecule has 0 aliphatic carbocycles. The number of unbranched alkanes of at least 4 members (excludes halogenated alkanes) is 1. The first-order valence-electron chi connectivity index (χ1n) is 14.0. The molecule has 0 saturated heterocycles. The summed E-state index contributed by atoms with van der Waals surface area (Å²) in [5.74, 6) is -2.38. The molecule has 4 amide bonds. The normalized spacial score (nSPS) is 18.1. The van der Waals surface area contributed by atoms with E-state index in [-0.39, 0.29) is 43.7 Å². The van der Waals surface area contributed by atoms with Crippen LogP contribution in [0.2, 0.25) is 0 Å². The topological polar surface area (TPSA) is 274 Å². The number of carbonyl (C=O) groups excluding carboxylic acids is 4. The van der Waals surface area contributed by atoms with Crippen molar-refractivity contribution in [1.29, 1.82) is 0 Å². The third-order valence-corrected chi connectivity index (χ3v) is 6.32. The van der Waals surface area contributed by atoms with E-state index < -0.39 is 83.7 Å². The minimum Gasteiger partial charge on any atom is -0.493 e. The van der Waals surface area contributed by atoms with Gasteiger partial charge >= 0.3 is 11.9 Å². The number of fused-ring (bicyclic) bond motifs is 1. The van der Waals surface area contributed by atoms with Crippen molar-refractivity contribution < 1.29 is 58.5 Å². The number of hydroxylamine groups is 1. The Morgan fingerprint density at radius 3 is 2.47 bits per heavy atom. The smallest absolute Gasteiger partial charge is 0.322 e. The molecule has 1 heterocycles. The number of hydrogen-bond acceptors (Lipinski definition) is 12. The van der Waals surface area contributed by atoms with E-state index in [0.717, 1.165) is 18.2 Å². The number of ether oxygens (including phenoxy) is 1. The molecule has 3 unspecified atom stereocenters. The van der Waals surface area contributed by atoms with Gasteiger partial charge < -0.3 is 36.2 Å². The second-order valence-corrected chi connectivity index (χ2v) is 9.70. The quantitative estimate of drug-likeness (QED) is 0.0403. The Bertz CT molecular complexity index is 1450. The van der Waals surface area contributed by atoms with Crippen molar-refractivity contribution in [3.05, 3.63) is 33.9 Å². The van der Waals surface area contributed by atoms with Crippen LogP contribution in [0.5, 0.6) is 5.75 Å². The van der Waals surface area contributed by atoms with Crippen LogP contribution in [0.25, 0.3) is 0 Å². The first-order valence-corrected chi connectivity index (χ1v) is 14.0. The van der Waals surface area contributed by atoms with Gasteiger partial charge in [-0.25, -0.2) is 0 Å². The summed E-state index contributed by atoms with van der Waals surface area (Å²) in [5.41, 5.74) is 1.59. The lowest BCUT2D eigenvalue weighted by atomic mass is 10.0. The van der Waals surface area contributed by atoms with E-state index >= 15 is 0 Å². The fraction of sp³-hybridized carbons (Fsp3) is 0.429. The number of nitrogens with zero attached hydrogens (tertiary/aromatic N) is 1. The SMILES string of the molecule is C#CC#COONCCCCC1NC(=O)C(CCC(=O)O)NC(=O)c2cc([N+](=O)[O-])ccc2OCCC(C(=O)NCC(=O)O)NC1=O. The molecule has 1 aromatic rings. The summed E-state index contributed by atoms with van der Waals surface area (Å²) in [4.78, 5) is 94.8. The van der Waals surface area contributed by atoms with Crippen LogP contribution in [0.15, 0.2) is 18.2 Å². The van der Waals surface area contributed by atoms with Gasteiger partial charge in [-0.1, -0.05) is 4.99 Å². The van der Waals surface area contributed by atoms with Crippen molar-refractivity contribution in [2.24, 2.45) is 0 Å². The van der Waals surface area contributed by atoms with Gasteiger partial charge in [0.25, 0.3) is 11.6 Å². The molecule has 19 heteroatoms. The molecule has 0 fully saturated rings. The Kier molecular flexibility index (Phi) is 15.4. The fourth-order valence-corrected chi connectivity index (χ4v) is 4.05. The molecular formula is C28H32N6O13. The molecule has 1 aliphatic rings. The van der Waals surface area contributed by atoms with Crippen LogP contribution in [0.1, 0.15) is 48.9 Å². The number of non-ortho nitro benzene ring substituents is 1. The number of nitro benzene ring substituents is 1. The number of amides is 4. The van der Waals surface area contributed by atoms with Gasteiger partial charge in [0.15, 0.2) is 6.11 Å². The van der Waals surface area contributed by atoms with E-state index in [2.05, 4.69) is 48.7 Å². The standard InChI is InChI=1S/C28H32N6O13/c1-2-3-13-46-47-30-12-5-4-6-19-27(41)33-21(26(40)29-16-24(37)38)11-14-45-22-9-7-17(34(43)44)15-18(22)25(39)31-20(28(42)32-19)8-10-23(35)36/h1,7,9,15,19-21,30H,4-6,8,10-12,14,16H2,(H,29,40)(H,31,39)(H,32,42)(H,33,41)(H,35,36)(H,37,38). The second-order valence-electron chi connectivity index (χ2n) is 9.70. The van der Waals surface area contributed by atoms with Crippen LogP contribution in [0.4, 0.5) is 5.69 Å². The number of carboxylic acid groups (broad SMARTS) is 2. The third kappa shape index (κ3) is 13.3. The molecule has 7 N–H and O–H groups in total. The average molecular weight is 661 g/mol. The molecule has 2 rings (SSSR count). The number of nitro groups is 1. The predicted octanol–water partition coefficient (Wildman–Crippen LogP) is -1.27. The lowest BCUT2D eigenvalue weighted by molar-refractivity contribution is -0.384. The number of benzene rings is 1. The Balaban J connectivity index is 2.38. The summed E-state index contributed by atoms with van der Waals surface area (Å²) < 4.78 is 5.63. The highest BCUT2D eigenvalue weighted by Crippen LogP contribution is 2.25. The molecule has 0 saturated carbocycles. The lowest BCUT2D eigenvalue weighted by Crippen LogP contribution is -2.57. The number of nitrogens with one attached hydrogen (secondary N) is 5. The first kappa shape index (κ1) is 37.3. The summed E-state index contributed by atoms with van der Waals surface area (Å²) in [7, 11) is 0. The number of rotatable bonds is 14. The molecule has 0 aromatic heterocycles. The maximum Gasteiger partial charge on any atom is 0.322 e. The molecule has 47 heavy (non-hydrogen) atoms. The average Bonchev–Trinajstić information content (AvgIpc) is 3.02. The molecule has 252 valence electrons. The van der Waals surface area contributed by atoms with Crippen molar-refractivity contribution in [3.8, 4) is 30.1 Å². The van der Waals surface area contributed by atoms with Gasteiger partial charge in [-0.2, -0.15) is 5.48 Å². The van der Waals surface area contributed by atoms with Crippen LogP contribution in [0.3, 0.4) is 0 Å². The molecule has 19 nitrogen and oxygen atoms in total. The van der Waals surface area contributed by atoms with Crippen LogP contribution >= 0.6 is 0 Å².